The van der Waals surface area contributed by atoms with Crippen LogP contribution in [-0.2, 0) is 9.59 Å². The van der Waals surface area contributed by atoms with Crippen molar-refractivity contribution in [2.45, 2.75) is 17.2 Å². The number of fused-ring (bicyclic) bond motifs is 1. The van der Waals surface area contributed by atoms with Gasteiger partial charge in [-0.1, -0.05) is 6.07 Å². The predicted octanol–water partition coefficient (Wildman–Crippen LogP) is 1.25. The zero-order chi connectivity index (χ0) is 13.1. The maximum absolute atomic E-state index is 11.3. The van der Waals surface area contributed by atoms with Gasteiger partial charge in [0.1, 0.15) is 0 Å². The lowest BCUT2D eigenvalue weighted by atomic mass is 9.95. The molecule has 18 heavy (non-hydrogen) atoms. The molecular weight excluding hydrogens is 252 g/mol. The van der Waals surface area contributed by atoms with Crippen molar-refractivity contribution in [2.75, 3.05) is 17.6 Å². The molecule has 1 atom stereocenters. The molecule has 5 nitrogen and oxygen atoms in total. The lowest BCUT2D eigenvalue weighted by Gasteiger charge is -2.19. The molecule has 0 saturated heterocycles. The van der Waals surface area contributed by atoms with E-state index in [-0.39, 0.29) is 5.91 Å². The van der Waals surface area contributed by atoms with Crippen LogP contribution in [0.5, 0.6) is 0 Å². The summed E-state index contributed by atoms with van der Waals surface area (Å²) in [5.74, 6) is -1.17. The standard InChI is InChI=1S/C12H14N2O3S/c13-4-3-8(12(16)17)7-1-2-10-9(5-7)14-11(15)6-18-10/h1-2,5,8H,3-4,6,13H2,(H,14,15)(H,16,17). The molecule has 4 N–H and O–H groups in total. The third-order valence-electron chi connectivity index (χ3n) is 2.79. The van der Waals surface area contributed by atoms with Crippen molar-refractivity contribution in [3.8, 4) is 0 Å². The maximum atomic E-state index is 11.3. The van der Waals surface area contributed by atoms with Crippen molar-refractivity contribution >= 4 is 29.3 Å². The average molecular weight is 266 g/mol. The van der Waals surface area contributed by atoms with Crippen LogP contribution >= 0.6 is 11.8 Å². The summed E-state index contributed by atoms with van der Waals surface area (Å²) in [4.78, 5) is 23.4. The Labute approximate surface area is 109 Å². The predicted molar refractivity (Wildman–Crippen MR) is 69.8 cm³/mol. The summed E-state index contributed by atoms with van der Waals surface area (Å²) in [5, 5.41) is 11.9. The molecule has 0 radical (unpaired) electrons. The molecule has 1 aromatic rings. The van der Waals surface area contributed by atoms with Gasteiger partial charge >= 0.3 is 5.97 Å². The van der Waals surface area contributed by atoms with Crippen LogP contribution in [0.2, 0.25) is 0 Å². The van der Waals surface area contributed by atoms with Gasteiger partial charge in [0.15, 0.2) is 0 Å². The van der Waals surface area contributed by atoms with Crippen molar-refractivity contribution in [3.63, 3.8) is 0 Å². The fourth-order valence-electron chi connectivity index (χ4n) is 1.92. The number of carboxylic acids is 1. The van der Waals surface area contributed by atoms with E-state index >= 15 is 0 Å². The minimum atomic E-state index is -0.893. The highest BCUT2D eigenvalue weighted by Crippen LogP contribution is 2.34. The van der Waals surface area contributed by atoms with Crippen molar-refractivity contribution in [1.82, 2.24) is 0 Å². The zero-order valence-corrected chi connectivity index (χ0v) is 10.5. The van der Waals surface area contributed by atoms with E-state index in [0.29, 0.717) is 30.0 Å². The molecule has 1 aromatic carbocycles. The second-order valence-corrected chi connectivity index (χ2v) is 5.08. The number of hydrogen-bond donors (Lipinski definition) is 3. The average Bonchev–Trinajstić information content (AvgIpc) is 2.34. The number of amides is 1. The Hall–Kier alpha value is -1.53. The van der Waals surface area contributed by atoms with Crippen molar-refractivity contribution < 1.29 is 14.7 Å². The number of nitrogens with two attached hydrogens (primary N) is 1. The number of anilines is 1. The number of nitrogens with one attached hydrogen (secondary N) is 1. The van der Waals surface area contributed by atoms with Gasteiger partial charge in [0.25, 0.3) is 0 Å². The molecule has 6 heteroatoms. The SMILES string of the molecule is NCCC(C(=O)O)c1ccc2c(c1)NC(=O)CS2. The molecular formula is C12H14N2O3S. The van der Waals surface area contributed by atoms with Gasteiger partial charge in [-0.05, 0) is 30.7 Å². The minimum Gasteiger partial charge on any atom is -0.481 e. The summed E-state index contributed by atoms with van der Waals surface area (Å²) in [7, 11) is 0. The lowest BCUT2D eigenvalue weighted by Crippen LogP contribution is -2.20. The number of carboxylic acid groups (broad SMARTS) is 1. The molecule has 1 unspecified atom stereocenters. The van der Waals surface area contributed by atoms with Gasteiger partial charge in [-0.2, -0.15) is 0 Å². The third kappa shape index (κ3) is 2.65. The van der Waals surface area contributed by atoms with Crippen LogP contribution in [0.3, 0.4) is 0 Å². The van der Waals surface area contributed by atoms with E-state index in [1.807, 2.05) is 6.07 Å². The number of carbonyl (C=O) groups is 2. The van der Waals surface area contributed by atoms with Crippen LogP contribution in [0.25, 0.3) is 0 Å². The molecule has 2 rings (SSSR count). The van der Waals surface area contributed by atoms with Crippen LogP contribution < -0.4 is 11.1 Å². The summed E-state index contributed by atoms with van der Waals surface area (Å²) >= 11 is 1.45. The van der Waals surface area contributed by atoms with E-state index in [1.165, 1.54) is 11.8 Å². The molecule has 1 amide bonds. The Bertz CT molecular complexity index is 490. The number of aliphatic carboxylic acids is 1. The number of rotatable bonds is 4. The summed E-state index contributed by atoms with van der Waals surface area (Å²) in [6.45, 7) is 0.315. The number of benzene rings is 1. The summed E-state index contributed by atoms with van der Waals surface area (Å²) in [5.41, 5.74) is 6.79. The number of carbonyl (C=O) groups excluding carboxylic acids is 1. The van der Waals surface area contributed by atoms with Crippen LogP contribution in [-0.4, -0.2) is 29.3 Å². The molecule has 96 valence electrons. The fraction of sp³-hybridized carbons (Fsp3) is 0.333. The number of thioether (sulfide) groups is 1. The van der Waals surface area contributed by atoms with Gasteiger partial charge in [-0.15, -0.1) is 11.8 Å². The van der Waals surface area contributed by atoms with Crippen LogP contribution in [0.4, 0.5) is 5.69 Å². The summed E-state index contributed by atoms with van der Waals surface area (Å²) < 4.78 is 0. The van der Waals surface area contributed by atoms with E-state index in [1.54, 1.807) is 12.1 Å². The van der Waals surface area contributed by atoms with E-state index in [2.05, 4.69) is 5.32 Å². The Balaban J connectivity index is 2.31. The Kier molecular flexibility index (Phi) is 3.88. The van der Waals surface area contributed by atoms with Crippen molar-refractivity contribution in [2.24, 2.45) is 5.73 Å². The highest BCUT2D eigenvalue weighted by atomic mass is 32.2. The van der Waals surface area contributed by atoms with Gasteiger partial charge in [0.05, 0.1) is 17.4 Å². The third-order valence-corrected chi connectivity index (χ3v) is 3.87. The minimum absolute atomic E-state index is 0.0599. The molecule has 1 aliphatic heterocycles. The molecule has 0 spiro atoms. The fourth-order valence-corrected chi connectivity index (χ4v) is 2.71. The second kappa shape index (κ2) is 5.41. The van der Waals surface area contributed by atoms with Gasteiger partial charge < -0.3 is 16.2 Å². The number of hydrogen-bond acceptors (Lipinski definition) is 4. The monoisotopic (exact) mass is 266 g/mol. The Morgan fingerprint density at radius 2 is 2.33 bits per heavy atom. The van der Waals surface area contributed by atoms with Crippen LogP contribution in [0, 0.1) is 0 Å². The topological polar surface area (TPSA) is 92.4 Å². The Morgan fingerprint density at radius 1 is 1.56 bits per heavy atom. The van der Waals surface area contributed by atoms with Gasteiger partial charge in [0.2, 0.25) is 5.91 Å². The molecule has 0 saturated carbocycles. The second-order valence-electron chi connectivity index (χ2n) is 4.06. The first kappa shape index (κ1) is 12.9. The first-order chi connectivity index (χ1) is 8.61. The van der Waals surface area contributed by atoms with Gasteiger partial charge in [0, 0.05) is 4.90 Å². The summed E-state index contributed by atoms with van der Waals surface area (Å²) in [6, 6.07) is 5.37. The van der Waals surface area contributed by atoms with Gasteiger partial charge in [-0.25, -0.2) is 0 Å². The zero-order valence-electron chi connectivity index (χ0n) is 9.68. The Morgan fingerprint density at radius 3 is 3.00 bits per heavy atom. The van der Waals surface area contributed by atoms with Crippen LogP contribution in [0.1, 0.15) is 17.9 Å². The lowest BCUT2D eigenvalue weighted by molar-refractivity contribution is -0.138. The van der Waals surface area contributed by atoms with E-state index in [4.69, 9.17) is 10.8 Å². The molecule has 1 aliphatic rings. The van der Waals surface area contributed by atoms with E-state index in [9.17, 15) is 9.59 Å². The van der Waals surface area contributed by atoms with Crippen molar-refractivity contribution in [3.05, 3.63) is 23.8 Å². The summed E-state index contributed by atoms with van der Waals surface area (Å²) in [6.07, 6.45) is 0.384. The molecule has 0 fully saturated rings. The molecule has 0 aromatic heterocycles. The molecule has 0 aliphatic carbocycles. The smallest absolute Gasteiger partial charge is 0.311 e. The van der Waals surface area contributed by atoms with Crippen LogP contribution in [0.15, 0.2) is 23.1 Å². The quantitative estimate of drug-likeness (QED) is 0.762. The first-order valence-corrected chi connectivity index (χ1v) is 6.60. The highest BCUT2D eigenvalue weighted by Gasteiger charge is 2.22. The van der Waals surface area contributed by atoms with Gasteiger partial charge in [-0.3, -0.25) is 9.59 Å². The van der Waals surface area contributed by atoms with Crippen molar-refractivity contribution in [1.29, 1.82) is 0 Å². The van der Waals surface area contributed by atoms with E-state index < -0.39 is 11.9 Å². The first-order valence-electron chi connectivity index (χ1n) is 5.61. The normalized spacial score (nSPS) is 15.7. The molecule has 1 heterocycles. The highest BCUT2D eigenvalue weighted by molar-refractivity contribution is 8.00. The maximum Gasteiger partial charge on any atom is 0.311 e. The molecule has 0 bridgehead atoms. The van der Waals surface area contributed by atoms with E-state index in [0.717, 1.165) is 4.90 Å². The largest absolute Gasteiger partial charge is 0.481 e.